The van der Waals surface area contributed by atoms with Crippen molar-refractivity contribution in [2.24, 2.45) is 0 Å². The van der Waals surface area contributed by atoms with E-state index in [0.717, 1.165) is 12.5 Å². The molecule has 2 heterocycles. The smallest absolute Gasteiger partial charge is 0.313 e. The van der Waals surface area contributed by atoms with E-state index in [2.05, 4.69) is 5.32 Å². The van der Waals surface area contributed by atoms with Crippen LogP contribution < -0.4 is 5.32 Å². The maximum Gasteiger partial charge on any atom is 0.378 e. The Labute approximate surface area is 114 Å². The molecule has 114 valence electrons. The lowest BCUT2D eigenvalue weighted by Gasteiger charge is -2.20. The van der Waals surface area contributed by atoms with Crippen molar-refractivity contribution in [1.82, 2.24) is 18.9 Å². The number of nitrogens with zero attached hydrogens (tertiary/aromatic N) is 4. The number of hydrazine groups is 1. The molecule has 2 aliphatic rings. The highest BCUT2D eigenvalue weighted by Crippen LogP contribution is 2.30. The first-order valence-corrected chi connectivity index (χ1v) is 8.82. The number of amides is 2. The van der Waals surface area contributed by atoms with Crippen LogP contribution in [0.15, 0.2) is 0 Å². The number of sulfonamides is 2. The summed E-state index contributed by atoms with van der Waals surface area (Å²) in [6.07, 6.45) is -1.30. The first kappa shape index (κ1) is 14.9. The number of carbonyl (C=O) groups excluding carboxylic acids is 1. The minimum absolute atomic E-state index is 0.0664. The van der Waals surface area contributed by atoms with E-state index in [1.807, 2.05) is 0 Å². The second-order valence-corrected chi connectivity index (χ2v) is 8.20. The molecule has 2 fully saturated rings. The largest absolute Gasteiger partial charge is 0.378 e. The number of fused-ring (bicyclic) bond motifs is 1. The summed E-state index contributed by atoms with van der Waals surface area (Å²) in [5, 5.41) is 11.9. The van der Waals surface area contributed by atoms with Crippen LogP contribution >= 0.6 is 0 Å². The van der Waals surface area contributed by atoms with Crippen LogP contribution in [0.3, 0.4) is 0 Å². The fourth-order valence-corrected chi connectivity index (χ4v) is 4.03. The van der Waals surface area contributed by atoms with Crippen molar-refractivity contribution < 1.29 is 26.7 Å². The van der Waals surface area contributed by atoms with Crippen molar-refractivity contribution >= 4 is 26.1 Å². The highest BCUT2D eigenvalue weighted by Gasteiger charge is 2.61. The lowest BCUT2D eigenvalue weighted by Crippen LogP contribution is -2.49. The van der Waals surface area contributed by atoms with Gasteiger partial charge in [-0.05, 0) is 5.01 Å². The Hall–Kier alpha value is -1.51. The molecule has 0 aliphatic carbocycles. The Morgan fingerprint density at radius 2 is 1.70 bits per heavy atom. The molecule has 2 amide bonds. The van der Waals surface area contributed by atoms with Gasteiger partial charge in [0.15, 0.2) is 5.03 Å². The molecule has 0 aromatic carbocycles. The minimum Gasteiger partial charge on any atom is -0.313 e. The van der Waals surface area contributed by atoms with Crippen LogP contribution in [0.1, 0.15) is 0 Å². The molecular formula is C6H11N5O7S2. The fraction of sp³-hybridized carbons (Fsp3) is 0.833. The molecule has 0 aromatic rings. The molecule has 2 saturated heterocycles. The molecule has 2 unspecified atom stereocenters. The minimum atomic E-state index is -3.95. The Bertz CT molecular complexity index is 672. The van der Waals surface area contributed by atoms with E-state index in [4.69, 9.17) is 0 Å². The molecule has 0 aromatic heterocycles. The molecule has 1 N–H and O–H groups in total. The van der Waals surface area contributed by atoms with Crippen molar-refractivity contribution in [1.29, 1.82) is 0 Å². The third-order valence-electron chi connectivity index (χ3n) is 2.92. The second kappa shape index (κ2) is 4.24. The maximum atomic E-state index is 11.6. The molecule has 12 nitrogen and oxygen atoms in total. The summed E-state index contributed by atoms with van der Waals surface area (Å²) in [6, 6.07) is -1.17. The van der Waals surface area contributed by atoms with Crippen molar-refractivity contribution in [2.75, 3.05) is 19.2 Å². The summed E-state index contributed by atoms with van der Waals surface area (Å²) in [5.41, 5.74) is 0. The Morgan fingerprint density at radius 1 is 1.20 bits per heavy atom. The van der Waals surface area contributed by atoms with Crippen LogP contribution in [0.5, 0.6) is 0 Å². The number of carbonyl (C=O) groups is 1. The SMILES string of the molecule is CS(=O)(=O)N1CN(S(C)(=O)=O)C2C1NC(=O)N2[N+](=O)[O-]. The first-order chi connectivity index (χ1) is 8.94. The average molecular weight is 329 g/mol. The Kier molecular flexibility index (Phi) is 3.16. The van der Waals surface area contributed by atoms with Crippen LogP contribution in [0.25, 0.3) is 0 Å². The number of nitrogens with one attached hydrogen (secondary N) is 1. The van der Waals surface area contributed by atoms with Crippen molar-refractivity contribution in [3.05, 3.63) is 10.1 Å². The highest BCUT2D eigenvalue weighted by molar-refractivity contribution is 7.89. The van der Waals surface area contributed by atoms with E-state index in [1.165, 1.54) is 0 Å². The molecule has 20 heavy (non-hydrogen) atoms. The zero-order valence-electron chi connectivity index (χ0n) is 10.3. The van der Waals surface area contributed by atoms with Crippen LogP contribution in [0.2, 0.25) is 0 Å². The predicted molar refractivity (Wildman–Crippen MR) is 63.2 cm³/mol. The normalized spacial score (nSPS) is 28.5. The zero-order valence-corrected chi connectivity index (χ0v) is 12.0. The van der Waals surface area contributed by atoms with E-state index >= 15 is 0 Å². The molecule has 14 heteroatoms. The number of urea groups is 1. The molecule has 0 saturated carbocycles. The first-order valence-electron chi connectivity index (χ1n) is 5.12. The van der Waals surface area contributed by atoms with Gasteiger partial charge in [-0.3, -0.25) is 0 Å². The van der Waals surface area contributed by atoms with Gasteiger partial charge >= 0.3 is 6.03 Å². The topological polar surface area (TPSA) is 150 Å². The van der Waals surface area contributed by atoms with Gasteiger partial charge in [-0.2, -0.15) is 8.61 Å². The highest BCUT2D eigenvalue weighted by atomic mass is 32.2. The van der Waals surface area contributed by atoms with Crippen molar-refractivity contribution in [2.45, 2.75) is 12.3 Å². The van der Waals surface area contributed by atoms with E-state index in [9.17, 15) is 31.7 Å². The average Bonchev–Trinajstić information content (AvgIpc) is 2.68. The summed E-state index contributed by atoms with van der Waals surface area (Å²) >= 11 is 0. The second-order valence-electron chi connectivity index (χ2n) is 4.33. The number of rotatable bonds is 3. The molecule has 0 bridgehead atoms. The molecule has 2 atom stereocenters. The molecule has 2 rings (SSSR count). The van der Waals surface area contributed by atoms with Gasteiger partial charge in [0.25, 0.3) is 0 Å². The third kappa shape index (κ3) is 2.19. The van der Waals surface area contributed by atoms with Crippen LogP contribution in [-0.4, -0.2) is 73.0 Å². The molecule has 0 spiro atoms. The van der Waals surface area contributed by atoms with Gasteiger partial charge in [0.1, 0.15) is 6.17 Å². The summed E-state index contributed by atoms with van der Waals surface area (Å²) in [6.45, 7) is -0.600. The monoisotopic (exact) mass is 329 g/mol. The summed E-state index contributed by atoms with van der Waals surface area (Å²) in [5.74, 6) is 0. The van der Waals surface area contributed by atoms with Gasteiger partial charge < -0.3 is 5.32 Å². The van der Waals surface area contributed by atoms with E-state index in [-0.39, 0.29) is 5.01 Å². The van der Waals surface area contributed by atoms with E-state index in [1.54, 1.807) is 0 Å². The van der Waals surface area contributed by atoms with Crippen LogP contribution in [0, 0.1) is 10.1 Å². The van der Waals surface area contributed by atoms with Crippen LogP contribution in [-0.2, 0) is 20.0 Å². The molecule has 0 radical (unpaired) electrons. The summed E-state index contributed by atoms with van der Waals surface area (Å²) in [4.78, 5) is 22.4. The van der Waals surface area contributed by atoms with Crippen molar-refractivity contribution in [3.8, 4) is 0 Å². The number of nitro groups is 1. The Balaban J connectivity index is 2.54. The van der Waals surface area contributed by atoms with E-state index in [0.29, 0.717) is 8.61 Å². The molecule has 2 aliphatic heterocycles. The predicted octanol–water partition coefficient (Wildman–Crippen LogP) is -2.65. The van der Waals surface area contributed by atoms with E-state index < -0.39 is 50.1 Å². The van der Waals surface area contributed by atoms with Gasteiger partial charge in [0, 0.05) is 0 Å². The lowest BCUT2D eigenvalue weighted by molar-refractivity contribution is -0.641. The summed E-state index contributed by atoms with van der Waals surface area (Å²) < 4.78 is 47.7. The van der Waals surface area contributed by atoms with Gasteiger partial charge in [0.2, 0.25) is 26.2 Å². The van der Waals surface area contributed by atoms with Gasteiger partial charge in [-0.25, -0.2) is 31.7 Å². The lowest BCUT2D eigenvalue weighted by atomic mass is 10.4. The quantitative estimate of drug-likeness (QED) is 0.438. The Morgan fingerprint density at radius 3 is 2.10 bits per heavy atom. The van der Waals surface area contributed by atoms with Crippen molar-refractivity contribution in [3.63, 3.8) is 0 Å². The third-order valence-corrected chi connectivity index (χ3v) is 5.30. The van der Waals surface area contributed by atoms with Gasteiger partial charge in [-0.1, -0.05) is 0 Å². The number of hydrogen-bond acceptors (Lipinski definition) is 7. The van der Waals surface area contributed by atoms with Gasteiger partial charge in [-0.15, -0.1) is 0 Å². The molecular weight excluding hydrogens is 318 g/mol. The van der Waals surface area contributed by atoms with Gasteiger partial charge in [0.05, 0.1) is 19.2 Å². The maximum absolute atomic E-state index is 11.6. The van der Waals surface area contributed by atoms with Crippen LogP contribution in [0.4, 0.5) is 4.79 Å². The summed E-state index contributed by atoms with van der Waals surface area (Å²) in [7, 11) is -7.81. The fourth-order valence-electron chi connectivity index (χ4n) is 2.11. The number of hydrogen-bond donors (Lipinski definition) is 1. The zero-order chi connectivity index (χ0) is 15.5. The standard InChI is InChI=1S/C6H11N5O7S2/c1-19(15,16)8-3-9(20(2,17)18)5-4(8)7-6(12)10(5)11(13)14/h4-5H,3H2,1-2H3,(H,7,12).